The van der Waals surface area contributed by atoms with Crippen molar-refractivity contribution in [3.05, 3.63) is 35.4 Å². The van der Waals surface area contributed by atoms with E-state index < -0.39 is 5.97 Å². The zero-order chi connectivity index (χ0) is 12.1. The van der Waals surface area contributed by atoms with Gasteiger partial charge in [-0.05, 0) is 24.0 Å². The SMILES string of the molecule is O=C(O)Cc1ccc(CSC2CCCC2)cc1. The van der Waals surface area contributed by atoms with E-state index >= 15 is 0 Å². The van der Waals surface area contributed by atoms with Crippen molar-refractivity contribution < 1.29 is 9.90 Å². The fraction of sp³-hybridized carbons (Fsp3) is 0.500. The summed E-state index contributed by atoms with van der Waals surface area (Å²) in [5, 5.41) is 9.52. The summed E-state index contributed by atoms with van der Waals surface area (Å²) in [4.78, 5) is 10.5. The monoisotopic (exact) mass is 250 g/mol. The summed E-state index contributed by atoms with van der Waals surface area (Å²) < 4.78 is 0. The van der Waals surface area contributed by atoms with Crippen molar-refractivity contribution in [2.24, 2.45) is 0 Å². The van der Waals surface area contributed by atoms with Gasteiger partial charge in [-0.1, -0.05) is 37.1 Å². The number of benzene rings is 1. The molecule has 1 fully saturated rings. The first-order valence-corrected chi connectivity index (χ1v) is 7.20. The Hall–Kier alpha value is -0.960. The molecule has 0 radical (unpaired) electrons. The molecule has 0 spiro atoms. The van der Waals surface area contributed by atoms with E-state index in [4.69, 9.17) is 5.11 Å². The number of carboxylic acid groups (broad SMARTS) is 1. The molecule has 1 saturated carbocycles. The highest BCUT2D eigenvalue weighted by Gasteiger charge is 2.14. The summed E-state index contributed by atoms with van der Waals surface area (Å²) in [6.45, 7) is 0. The second-order valence-electron chi connectivity index (χ2n) is 4.60. The predicted octanol–water partition coefficient (Wildman–Crippen LogP) is 3.49. The molecule has 1 aliphatic carbocycles. The van der Waals surface area contributed by atoms with Gasteiger partial charge in [0.05, 0.1) is 6.42 Å². The van der Waals surface area contributed by atoms with Gasteiger partial charge in [-0.3, -0.25) is 4.79 Å². The Bertz CT molecular complexity index is 366. The van der Waals surface area contributed by atoms with E-state index in [1.165, 1.54) is 31.2 Å². The van der Waals surface area contributed by atoms with Gasteiger partial charge in [-0.15, -0.1) is 0 Å². The van der Waals surface area contributed by atoms with E-state index in [1.54, 1.807) is 0 Å². The number of rotatable bonds is 5. The highest BCUT2D eigenvalue weighted by molar-refractivity contribution is 7.99. The third-order valence-corrected chi connectivity index (χ3v) is 4.61. The topological polar surface area (TPSA) is 37.3 Å². The molecule has 2 nitrogen and oxygen atoms in total. The molecule has 0 bridgehead atoms. The van der Waals surface area contributed by atoms with Gasteiger partial charge in [0, 0.05) is 11.0 Å². The zero-order valence-corrected chi connectivity index (χ0v) is 10.7. The smallest absolute Gasteiger partial charge is 0.307 e. The molecule has 3 heteroatoms. The van der Waals surface area contributed by atoms with E-state index in [9.17, 15) is 4.79 Å². The van der Waals surface area contributed by atoms with Crippen LogP contribution in [-0.4, -0.2) is 16.3 Å². The predicted molar refractivity (Wildman–Crippen MR) is 71.3 cm³/mol. The van der Waals surface area contributed by atoms with Crippen LogP contribution in [0.3, 0.4) is 0 Å². The molecule has 17 heavy (non-hydrogen) atoms. The molecule has 0 amide bonds. The minimum atomic E-state index is -0.766. The first-order chi connectivity index (χ1) is 8.24. The van der Waals surface area contributed by atoms with Crippen molar-refractivity contribution >= 4 is 17.7 Å². The molecule has 0 atom stereocenters. The quantitative estimate of drug-likeness (QED) is 0.869. The number of thioether (sulfide) groups is 1. The molecule has 2 rings (SSSR count). The molecule has 0 saturated heterocycles. The lowest BCUT2D eigenvalue weighted by Gasteiger charge is -2.08. The summed E-state index contributed by atoms with van der Waals surface area (Å²) >= 11 is 2.04. The van der Waals surface area contributed by atoms with Gasteiger partial charge in [0.2, 0.25) is 0 Å². The van der Waals surface area contributed by atoms with Crippen LogP contribution >= 0.6 is 11.8 Å². The largest absolute Gasteiger partial charge is 0.481 e. The molecule has 0 heterocycles. The Labute approximate surface area is 106 Å². The number of carbonyl (C=O) groups is 1. The molecular weight excluding hydrogens is 232 g/mol. The summed E-state index contributed by atoms with van der Waals surface area (Å²) in [6, 6.07) is 7.97. The first kappa shape index (κ1) is 12.5. The third-order valence-electron chi connectivity index (χ3n) is 3.17. The summed E-state index contributed by atoms with van der Waals surface area (Å²) in [5.74, 6) is 0.288. The molecule has 1 N–H and O–H groups in total. The minimum absolute atomic E-state index is 0.121. The van der Waals surface area contributed by atoms with Crippen molar-refractivity contribution in [2.45, 2.75) is 43.1 Å². The molecule has 1 aliphatic rings. The summed E-state index contributed by atoms with van der Waals surface area (Å²) in [7, 11) is 0. The molecule has 1 aromatic carbocycles. The van der Waals surface area contributed by atoms with Crippen LogP contribution in [0.4, 0.5) is 0 Å². The van der Waals surface area contributed by atoms with E-state index in [2.05, 4.69) is 12.1 Å². The maximum Gasteiger partial charge on any atom is 0.307 e. The lowest BCUT2D eigenvalue weighted by atomic mass is 10.1. The number of hydrogen-bond acceptors (Lipinski definition) is 2. The Morgan fingerprint density at radius 1 is 1.18 bits per heavy atom. The van der Waals surface area contributed by atoms with E-state index in [1.807, 2.05) is 23.9 Å². The summed E-state index contributed by atoms with van der Waals surface area (Å²) in [6.07, 6.45) is 5.62. The van der Waals surface area contributed by atoms with Crippen molar-refractivity contribution in [3.63, 3.8) is 0 Å². The van der Waals surface area contributed by atoms with Gasteiger partial charge in [-0.25, -0.2) is 0 Å². The van der Waals surface area contributed by atoms with Crippen LogP contribution in [-0.2, 0) is 17.0 Å². The van der Waals surface area contributed by atoms with Crippen LogP contribution in [0.25, 0.3) is 0 Å². The summed E-state index contributed by atoms with van der Waals surface area (Å²) in [5.41, 5.74) is 2.18. The highest BCUT2D eigenvalue weighted by atomic mass is 32.2. The van der Waals surface area contributed by atoms with E-state index in [-0.39, 0.29) is 6.42 Å². The highest BCUT2D eigenvalue weighted by Crippen LogP contribution is 2.31. The van der Waals surface area contributed by atoms with Crippen LogP contribution in [0.1, 0.15) is 36.8 Å². The van der Waals surface area contributed by atoms with Crippen molar-refractivity contribution in [1.82, 2.24) is 0 Å². The van der Waals surface area contributed by atoms with Crippen molar-refractivity contribution in [2.75, 3.05) is 0 Å². The minimum Gasteiger partial charge on any atom is -0.481 e. The Kier molecular flexibility index (Phi) is 4.49. The molecule has 0 aliphatic heterocycles. The standard InChI is InChI=1S/C14H18O2S/c15-14(16)9-11-5-7-12(8-6-11)10-17-13-3-1-2-4-13/h5-8,13H,1-4,9-10H2,(H,15,16). The molecule has 92 valence electrons. The van der Waals surface area contributed by atoms with Gasteiger partial charge in [0.25, 0.3) is 0 Å². The number of carboxylic acids is 1. The van der Waals surface area contributed by atoms with Gasteiger partial charge >= 0.3 is 5.97 Å². The van der Waals surface area contributed by atoms with Gasteiger partial charge in [-0.2, -0.15) is 11.8 Å². The van der Waals surface area contributed by atoms with Crippen LogP contribution in [0.2, 0.25) is 0 Å². The van der Waals surface area contributed by atoms with Crippen LogP contribution < -0.4 is 0 Å². The van der Waals surface area contributed by atoms with E-state index in [0.717, 1.165) is 16.6 Å². The number of hydrogen-bond donors (Lipinski definition) is 1. The van der Waals surface area contributed by atoms with Crippen molar-refractivity contribution in [3.8, 4) is 0 Å². The average molecular weight is 250 g/mol. The van der Waals surface area contributed by atoms with Gasteiger partial charge in [0.1, 0.15) is 0 Å². The lowest BCUT2D eigenvalue weighted by Crippen LogP contribution is -2.00. The normalized spacial score (nSPS) is 16.2. The fourth-order valence-corrected chi connectivity index (χ4v) is 3.48. The Balaban J connectivity index is 1.82. The zero-order valence-electron chi connectivity index (χ0n) is 9.89. The van der Waals surface area contributed by atoms with Crippen LogP contribution in [0.5, 0.6) is 0 Å². The Morgan fingerprint density at radius 2 is 1.76 bits per heavy atom. The van der Waals surface area contributed by atoms with Crippen molar-refractivity contribution in [1.29, 1.82) is 0 Å². The van der Waals surface area contributed by atoms with Crippen LogP contribution in [0, 0.1) is 0 Å². The molecule has 0 aromatic heterocycles. The van der Waals surface area contributed by atoms with Crippen LogP contribution in [0.15, 0.2) is 24.3 Å². The van der Waals surface area contributed by atoms with Gasteiger partial charge < -0.3 is 5.11 Å². The Morgan fingerprint density at radius 3 is 2.35 bits per heavy atom. The molecular formula is C14H18O2S. The van der Waals surface area contributed by atoms with E-state index in [0.29, 0.717) is 0 Å². The molecule has 0 unspecified atom stereocenters. The lowest BCUT2D eigenvalue weighted by molar-refractivity contribution is -0.136. The average Bonchev–Trinajstić information content (AvgIpc) is 2.80. The number of aliphatic carboxylic acids is 1. The van der Waals surface area contributed by atoms with Gasteiger partial charge in [0.15, 0.2) is 0 Å². The fourth-order valence-electron chi connectivity index (χ4n) is 2.20. The third kappa shape index (κ3) is 4.08. The maximum absolute atomic E-state index is 10.5. The first-order valence-electron chi connectivity index (χ1n) is 6.15. The second kappa shape index (κ2) is 6.10. The maximum atomic E-state index is 10.5. The second-order valence-corrected chi connectivity index (χ2v) is 5.89. The molecule has 1 aromatic rings.